The SMILES string of the molecule is O=C(Nc1ccc(OC(F)F)cc1)c1cnc2c(c1)N(CC1CCCO1)C(=O)CN2. The van der Waals surface area contributed by atoms with E-state index in [0.717, 1.165) is 12.8 Å². The third kappa shape index (κ3) is 4.48. The number of nitrogens with one attached hydrogen (secondary N) is 2. The summed E-state index contributed by atoms with van der Waals surface area (Å²) in [4.78, 5) is 31.0. The standard InChI is InChI=1S/C20H20F2N4O4/c21-20(22)30-14-5-3-13(4-6-14)25-19(28)12-8-16-18(23-9-12)24-10-17(27)26(16)11-15-2-1-7-29-15/h3-6,8-9,15,20H,1-2,7,10-11H2,(H,23,24)(H,25,28). The normalized spacial score (nSPS) is 18.2. The fourth-order valence-electron chi connectivity index (χ4n) is 3.42. The molecule has 1 atom stereocenters. The van der Waals surface area contributed by atoms with Gasteiger partial charge in [-0.1, -0.05) is 0 Å². The minimum Gasteiger partial charge on any atom is -0.435 e. The van der Waals surface area contributed by atoms with Crippen LogP contribution in [-0.4, -0.2) is 49.2 Å². The third-order valence-corrected chi connectivity index (χ3v) is 4.88. The van der Waals surface area contributed by atoms with E-state index >= 15 is 0 Å². The Labute approximate surface area is 171 Å². The number of halogens is 2. The van der Waals surface area contributed by atoms with Gasteiger partial charge in [0.2, 0.25) is 5.91 Å². The molecule has 1 aromatic carbocycles. The van der Waals surface area contributed by atoms with Gasteiger partial charge in [-0.05, 0) is 43.2 Å². The Balaban J connectivity index is 1.50. The number of benzene rings is 1. The quantitative estimate of drug-likeness (QED) is 0.750. The molecule has 10 heteroatoms. The first-order valence-corrected chi connectivity index (χ1v) is 9.52. The van der Waals surface area contributed by atoms with Crippen molar-refractivity contribution in [2.75, 3.05) is 35.2 Å². The number of alkyl halides is 2. The van der Waals surface area contributed by atoms with Crippen LogP contribution < -0.4 is 20.3 Å². The zero-order chi connectivity index (χ0) is 21.1. The summed E-state index contributed by atoms with van der Waals surface area (Å²) >= 11 is 0. The van der Waals surface area contributed by atoms with E-state index in [1.165, 1.54) is 30.5 Å². The highest BCUT2D eigenvalue weighted by Gasteiger charge is 2.29. The zero-order valence-corrected chi connectivity index (χ0v) is 15.9. The Morgan fingerprint density at radius 2 is 2.17 bits per heavy atom. The van der Waals surface area contributed by atoms with Crippen molar-refractivity contribution in [3.05, 3.63) is 42.1 Å². The fraction of sp³-hybridized carbons (Fsp3) is 0.350. The Bertz CT molecular complexity index is 933. The summed E-state index contributed by atoms with van der Waals surface area (Å²) in [7, 11) is 0. The summed E-state index contributed by atoms with van der Waals surface area (Å²) in [5, 5.41) is 5.63. The van der Waals surface area contributed by atoms with Crippen LogP contribution in [0.3, 0.4) is 0 Å². The predicted molar refractivity (Wildman–Crippen MR) is 105 cm³/mol. The summed E-state index contributed by atoms with van der Waals surface area (Å²) in [6.45, 7) is -1.70. The van der Waals surface area contributed by atoms with Gasteiger partial charge in [-0.15, -0.1) is 0 Å². The van der Waals surface area contributed by atoms with Crippen LogP contribution >= 0.6 is 0 Å². The molecule has 1 fully saturated rings. The Morgan fingerprint density at radius 3 is 2.87 bits per heavy atom. The second-order valence-electron chi connectivity index (χ2n) is 6.94. The van der Waals surface area contributed by atoms with Gasteiger partial charge < -0.3 is 25.0 Å². The molecule has 8 nitrogen and oxygen atoms in total. The zero-order valence-electron chi connectivity index (χ0n) is 15.9. The fourth-order valence-corrected chi connectivity index (χ4v) is 3.42. The van der Waals surface area contributed by atoms with Crippen molar-refractivity contribution in [1.29, 1.82) is 0 Å². The molecule has 2 aliphatic rings. The lowest BCUT2D eigenvalue weighted by atomic mass is 10.1. The molecule has 1 aromatic heterocycles. The summed E-state index contributed by atoms with van der Waals surface area (Å²) in [6, 6.07) is 7.18. The van der Waals surface area contributed by atoms with Gasteiger partial charge in [0.25, 0.3) is 5.91 Å². The van der Waals surface area contributed by atoms with Gasteiger partial charge in [-0.3, -0.25) is 9.59 Å². The molecule has 2 aliphatic heterocycles. The monoisotopic (exact) mass is 418 g/mol. The first kappa shape index (κ1) is 20.0. The van der Waals surface area contributed by atoms with E-state index in [0.29, 0.717) is 30.3 Å². The summed E-state index contributed by atoms with van der Waals surface area (Å²) in [5.41, 5.74) is 1.19. The molecular weight excluding hydrogens is 398 g/mol. The van der Waals surface area contributed by atoms with E-state index in [1.807, 2.05) is 0 Å². The van der Waals surface area contributed by atoms with E-state index in [1.54, 1.807) is 11.0 Å². The molecule has 0 aliphatic carbocycles. The van der Waals surface area contributed by atoms with Crippen LogP contribution in [0.5, 0.6) is 5.75 Å². The molecule has 2 N–H and O–H groups in total. The highest BCUT2D eigenvalue weighted by Crippen LogP contribution is 2.30. The van der Waals surface area contributed by atoms with E-state index < -0.39 is 12.5 Å². The number of hydrogen-bond acceptors (Lipinski definition) is 6. The summed E-state index contributed by atoms with van der Waals surface area (Å²) < 4.78 is 34.4. The van der Waals surface area contributed by atoms with Crippen molar-refractivity contribution in [2.24, 2.45) is 0 Å². The maximum absolute atomic E-state index is 12.6. The van der Waals surface area contributed by atoms with Gasteiger partial charge in [0.15, 0.2) is 0 Å². The molecule has 3 heterocycles. The third-order valence-electron chi connectivity index (χ3n) is 4.88. The van der Waals surface area contributed by atoms with Gasteiger partial charge in [0, 0.05) is 18.5 Å². The number of nitrogens with zero attached hydrogens (tertiary/aromatic N) is 2. The van der Waals surface area contributed by atoms with Gasteiger partial charge in [-0.25, -0.2) is 4.98 Å². The van der Waals surface area contributed by atoms with Gasteiger partial charge in [0.05, 0.1) is 30.4 Å². The molecular formula is C20H20F2N4O4. The highest BCUT2D eigenvalue weighted by atomic mass is 19.3. The highest BCUT2D eigenvalue weighted by molar-refractivity contribution is 6.07. The number of carbonyl (C=O) groups is 2. The van der Waals surface area contributed by atoms with Crippen molar-refractivity contribution in [2.45, 2.75) is 25.6 Å². The lowest BCUT2D eigenvalue weighted by Crippen LogP contribution is -2.44. The molecule has 4 rings (SSSR count). The number of aromatic nitrogens is 1. The number of fused-ring (bicyclic) bond motifs is 1. The number of anilines is 3. The van der Waals surface area contributed by atoms with Crippen LogP contribution in [0.25, 0.3) is 0 Å². The maximum atomic E-state index is 12.6. The van der Waals surface area contributed by atoms with E-state index in [2.05, 4.69) is 20.4 Å². The van der Waals surface area contributed by atoms with E-state index in [4.69, 9.17) is 4.74 Å². The number of hydrogen-bond donors (Lipinski definition) is 2. The molecule has 2 aromatic rings. The molecule has 0 spiro atoms. The molecule has 1 unspecified atom stereocenters. The predicted octanol–water partition coefficient (Wildman–Crippen LogP) is 2.87. The second kappa shape index (κ2) is 8.62. The largest absolute Gasteiger partial charge is 0.435 e. The molecule has 158 valence electrons. The van der Waals surface area contributed by atoms with E-state index in [9.17, 15) is 18.4 Å². The van der Waals surface area contributed by atoms with Gasteiger partial charge >= 0.3 is 6.61 Å². The molecule has 1 saturated heterocycles. The van der Waals surface area contributed by atoms with Gasteiger partial charge in [-0.2, -0.15) is 8.78 Å². The number of rotatable bonds is 6. The number of amides is 2. The molecule has 0 saturated carbocycles. The van der Waals surface area contributed by atoms with Crippen LogP contribution in [0.2, 0.25) is 0 Å². The second-order valence-corrected chi connectivity index (χ2v) is 6.94. The Hall–Kier alpha value is -3.27. The smallest absolute Gasteiger partial charge is 0.387 e. The lowest BCUT2D eigenvalue weighted by molar-refractivity contribution is -0.117. The van der Waals surface area contributed by atoms with Crippen molar-refractivity contribution in [3.8, 4) is 5.75 Å². The Morgan fingerprint density at radius 1 is 1.37 bits per heavy atom. The van der Waals surface area contributed by atoms with E-state index in [-0.39, 0.29) is 29.9 Å². The maximum Gasteiger partial charge on any atom is 0.387 e. The topological polar surface area (TPSA) is 92.8 Å². The van der Waals surface area contributed by atoms with Crippen LogP contribution in [0.4, 0.5) is 26.0 Å². The van der Waals surface area contributed by atoms with Crippen LogP contribution in [-0.2, 0) is 9.53 Å². The van der Waals surface area contributed by atoms with Crippen molar-refractivity contribution in [1.82, 2.24) is 4.98 Å². The van der Waals surface area contributed by atoms with Crippen molar-refractivity contribution < 1.29 is 27.8 Å². The van der Waals surface area contributed by atoms with Gasteiger partial charge in [0.1, 0.15) is 11.6 Å². The number of pyridine rings is 1. The number of ether oxygens (including phenoxy) is 2. The first-order chi connectivity index (χ1) is 14.5. The average molecular weight is 418 g/mol. The first-order valence-electron chi connectivity index (χ1n) is 9.52. The van der Waals surface area contributed by atoms with Crippen LogP contribution in [0.1, 0.15) is 23.2 Å². The van der Waals surface area contributed by atoms with Crippen molar-refractivity contribution in [3.63, 3.8) is 0 Å². The molecule has 30 heavy (non-hydrogen) atoms. The number of carbonyl (C=O) groups excluding carboxylic acids is 2. The van der Waals surface area contributed by atoms with Crippen LogP contribution in [0.15, 0.2) is 36.5 Å². The van der Waals surface area contributed by atoms with Crippen LogP contribution in [0, 0.1) is 0 Å². The lowest BCUT2D eigenvalue weighted by Gasteiger charge is -2.31. The molecule has 0 bridgehead atoms. The molecule has 0 radical (unpaired) electrons. The van der Waals surface area contributed by atoms with Crippen molar-refractivity contribution >= 4 is 29.0 Å². The minimum absolute atomic E-state index is 0.00666. The minimum atomic E-state index is -2.92. The average Bonchev–Trinajstić information content (AvgIpc) is 3.24. The molecule has 2 amide bonds. The Kier molecular flexibility index (Phi) is 5.75. The summed E-state index contributed by atoms with van der Waals surface area (Å²) in [6.07, 6.45) is 3.21. The summed E-state index contributed by atoms with van der Waals surface area (Å²) in [5.74, 6) is -0.0413.